The number of hydrogen-bond acceptors (Lipinski definition) is 2. The lowest BCUT2D eigenvalue weighted by atomic mass is 10.1. The van der Waals surface area contributed by atoms with Crippen molar-refractivity contribution in [2.24, 2.45) is 0 Å². The zero-order valence-corrected chi connectivity index (χ0v) is 12.7. The summed E-state index contributed by atoms with van der Waals surface area (Å²) in [5.74, 6) is -0.896. The van der Waals surface area contributed by atoms with Crippen molar-refractivity contribution in [2.75, 3.05) is 0 Å². The largest absolute Gasteiger partial charge is 0.478 e. The molecule has 2 aromatic carbocycles. The number of benzene rings is 2. The molecular weight excluding hydrogens is 318 g/mol. The van der Waals surface area contributed by atoms with Crippen molar-refractivity contribution in [1.29, 1.82) is 0 Å². The van der Waals surface area contributed by atoms with Crippen molar-refractivity contribution in [3.05, 3.63) is 69.7 Å². The van der Waals surface area contributed by atoms with Gasteiger partial charge in [-0.05, 0) is 42.3 Å². The molecule has 1 atom stereocenters. The summed E-state index contributed by atoms with van der Waals surface area (Å²) >= 11 is 3.46. The molecule has 2 rings (SSSR count). The second-order valence-corrected chi connectivity index (χ2v) is 5.58. The van der Waals surface area contributed by atoms with E-state index in [1.54, 1.807) is 18.2 Å². The second-order valence-electron chi connectivity index (χ2n) is 4.66. The summed E-state index contributed by atoms with van der Waals surface area (Å²) in [7, 11) is 0. The fourth-order valence-electron chi connectivity index (χ4n) is 1.98. The van der Waals surface area contributed by atoms with Crippen LogP contribution < -0.4 is 5.32 Å². The van der Waals surface area contributed by atoms with Crippen LogP contribution in [-0.2, 0) is 6.54 Å². The maximum Gasteiger partial charge on any atom is 0.335 e. The van der Waals surface area contributed by atoms with Gasteiger partial charge in [0.25, 0.3) is 0 Å². The lowest BCUT2D eigenvalue weighted by molar-refractivity contribution is 0.0696. The molecule has 0 heterocycles. The molecule has 2 aromatic rings. The van der Waals surface area contributed by atoms with Crippen LogP contribution in [0.15, 0.2) is 53.0 Å². The first-order valence-electron chi connectivity index (χ1n) is 6.37. The van der Waals surface area contributed by atoms with E-state index in [9.17, 15) is 4.79 Å². The third kappa shape index (κ3) is 3.92. The SMILES string of the molecule is CC(NCc1cccc(C(=O)O)c1)c1cccc(Br)c1. The van der Waals surface area contributed by atoms with Crippen LogP contribution in [0, 0.1) is 0 Å². The number of carboxylic acids is 1. The maximum atomic E-state index is 10.9. The van der Waals surface area contributed by atoms with Gasteiger partial charge in [-0.2, -0.15) is 0 Å². The third-order valence-corrected chi connectivity index (χ3v) is 3.63. The summed E-state index contributed by atoms with van der Waals surface area (Å²) < 4.78 is 1.05. The minimum Gasteiger partial charge on any atom is -0.478 e. The van der Waals surface area contributed by atoms with Crippen LogP contribution >= 0.6 is 15.9 Å². The predicted molar refractivity (Wildman–Crippen MR) is 82.8 cm³/mol. The lowest BCUT2D eigenvalue weighted by Gasteiger charge is -2.15. The summed E-state index contributed by atoms with van der Waals surface area (Å²) in [6.45, 7) is 2.72. The zero-order chi connectivity index (χ0) is 14.5. The molecule has 104 valence electrons. The Labute approximate surface area is 126 Å². The van der Waals surface area contributed by atoms with Crippen LogP contribution in [-0.4, -0.2) is 11.1 Å². The Morgan fingerprint density at radius 3 is 2.70 bits per heavy atom. The Bertz CT molecular complexity index is 613. The van der Waals surface area contributed by atoms with E-state index < -0.39 is 5.97 Å². The topological polar surface area (TPSA) is 49.3 Å². The van der Waals surface area contributed by atoms with Gasteiger partial charge in [0.15, 0.2) is 0 Å². The smallest absolute Gasteiger partial charge is 0.335 e. The number of hydrogen-bond donors (Lipinski definition) is 2. The van der Waals surface area contributed by atoms with Gasteiger partial charge in [0.2, 0.25) is 0 Å². The fraction of sp³-hybridized carbons (Fsp3) is 0.188. The minimum absolute atomic E-state index is 0.195. The molecule has 20 heavy (non-hydrogen) atoms. The second kappa shape index (κ2) is 6.68. The van der Waals surface area contributed by atoms with Gasteiger partial charge in [-0.15, -0.1) is 0 Å². The Balaban J connectivity index is 2.01. The quantitative estimate of drug-likeness (QED) is 0.869. The molecule has 1 unspecified atom stereocenters. The van der Waals surface area contributed by atoms with Crippen molar-refractivity contribution in [2.45, 2.75) is 19.5 Å². The summed E-state index contributed by atoms with van der Waals surface area (Å²) in [6, 6.07) is 15.3. The van der Waals surface area contributed by atoms with Crippen molar-refractivity contribution >= 4 is 21.9 Å². The summed E-state index contributed by atoms with van der Waals surface area (Å²) in [6.07, 6.45) is 0. The normalized spacial score (nSPS) is 12.1. The first-order chi connectivity index (χ1) is 9.56. The van der Waals surface area contributed by atoms with E-state index in [0.29, 0.717) is 12.1 Å². The minimum atomic E-state index is -0.896. The number of carbonyl (C=O) groups is 1. The Morgan fingerprint density at radius 2 is 2.00 bits per heavy atom. The van der Waals surface area contributed by atoms with Gasteiger partial charge >= 0.3 is 5.97 Å². The van der Waals surface area contributed by atoms with Crippen molar-refractivity contribution in [3.8, 4) is 0 Å². The van der Waals surface area contributed by atoms with E-state index in [1.807, 2.05) is 18.2 Å². The number of rotatable bonds is 5. The first-order valence-corrected chi connectivity index (χ1v) is 7.16. The standard InChI is InChI=1S/C16H16BrNO2/c1-11(13-5-3-7-15(17)9-13)18-10-12-4-2-6-14(8-12)16(19)20/h2-9,11,18H,10H2,1H3,(H,19,20). The van der Waals surface area contributed by atoms with Crippen LogP contribution in [0.25, 0.3) is 0 Å². The Kier molecular flexibility index (Phi) is 4.93. The average molecular weight is 334 g/mol. The van der Waals surface area contributed by atoms with E-state index in [-0.39, 0.29) is 6.04 Å². The third-order valence-electron chi connectivity index (χ3n) is 3.13. The molecule has 0 radical (unpaired) electrons. The average Bonchev–Trinajstić information content (AvgIpc) is 2.45. The molecule has 0 bridgehead atoms. The molecule has 0 saturated carbocycles. The van der Waals surface area contributed by atoms with Crippen molar-refractivity contribution in [3.63, 3.8) is 0 Å². The molecule has 0 saturated heterocycles. The number of carboxylic acid groups (broad SMARTS) is 1. The molecule has 0 spiro atoms. The number of aromatic carboxylic acids is 1. The van der Waals surface area contributed by atoms with Gasteiger partial charge in [-0.1, -0.05) is 40.2 Å². The van der Waals surface area contributed by atoms with Crippen molar-refractivity contribution in [1.82, 2.24) is 5.32 Å². The molecule has 4 heteroatoms. The predicted octanol–water partition coefficient (Wildman–Crippen LogP) is 4.00. The zero-order valence-electron chi connectivity index (χ0n) is 11.1. The van der Waals surface area contributed by atoms with Gasteiger partial charge in [-0.3, -0.25) is 0 Å². The molecule has 0 fully saturated rings. The summed E-state index contributed by atoms with van der Waals surface area (Å²) in [4.78, 5) is 10.9. The molecule has 0 aliphatic carbocycles. The van der Waals surface area contributed by atoms with E-state index in [2.05, 4.69) is 40.3 Å². The van der Waals surface area contributed by atoms with Crippen LogP contribution in [0.3, 0.4) is 0 Å². The highest BCUT2D eigenvalue weighted by Gasteiger charge is 2.07. The fourth-order valence-corrected chi connectivity index (χ4v) is 2.40. The van der Waals surface area contributed by atoms with E-state index in [4.69, 9.17) is 5.11 Å². The Hall–Kier alpha value is -1.65. The highest BCUT2D eigenvalue weighted by molar-refractivity contribution is 9.10. The highest BCUT2D eigenvalue weighted by atomic mass is 79.9. The van der Waals surface area contributed by atoms with E-state index in [0.717, 1.165) is 10.0 Å². The maximum absolute atomic E-state index is 10.9. The van der Waals surface area contributed by atoms with Gasteiger partial charge in [-0.25, -0.2) is 4.79 Å². The van der Waals surface area contributed by atoms with Gasteiger partial charge in [0.1, 0.15) is 0 Å². The van der Waals surface area contributed by atoms with Gasteiger partial charge in [0, 0.05) is 17.1 Å². The number of nitrogens with one attached hydrogen (secondary N) is 1. The van der Waals surface area contributed by atoms with Gasteiger partial charge in [0.05, 0.1) is 5.56 Å². The van der Waals surface area contributed by atoms with Crippen LogP contribution in [0.5, 0.6) is 0 Å². The molecule has 0 aromatic heterocycles. The molecule has 0 aliphatic rings. The van der Waals surface area contributed by atoms with Gasteiger partial charge < -0.3 is 10.4 Å². The Morgan fingerprint density at radius 1 is 1.25 bits per heavy atom. The van der Waals surface area contributed by atoms with E-state index in [1.165, 1.54) is 5.56 Å². The molecule has 0 amide bonds. The van der Waals surface area contributed by atoms with Crippen LogP contribution in [0.1, 0.15) is 34.5 Å². The number of halogens is 1. The molecular formula is C16H16BrNO2. The monoisotopic (exact) mass is 333 g/mol. The first kappa shape index (κ1) is 14.8. The molecule has 3 nitrogen and oxygen atoms in total. The van der Waals surface area contributed by atoms with Crippen molar-refractivity contribution < 1.29 is 9.90 Å². The summed E-state index contributed by atoms with van der Waals surface area (Å²) in [5, 5.41) is 12.4. The lowest BCUT2D eigenvalue weighted by Crippen LogP contribution is -2.18. The highest BCUT2D eigenvalue weighted by Crippen LogP contribution is 2.18. The van der Waals surface area contributed by atoms with Crippen LogP contribution in [0.4, 0.5) is 0 Å². The van der Waals surface area contributed by atoms with Crippen LogP contribution in [0.2, 0.25) is 0 Å². The van der Waals surface area contributed by atoms with E-state index >= 15 is 0 Å². The summed E-state index contributed by atoms with van der Waals surface area (Å²) in [5.41, 5.74) is 2.47. The molecule has 0 aliphatic heterocycles. The molecule has 2 N–H and O–H groups in total.